The van der Waals surface area contributed by atoms with E-state index in [1.165, 1.54) is 5.56 Å². The van der Waals surface area contributed by atoms with Crippen molar-refractivity contribution in [3.8, 4) is 0 Å². The van der Waals surface area contributed by atoms with Crippen LogP contribution in [-0.2, 0) is 10.2 Å². The number of amides is 1. The maximum atomic E-state index is 11.8. The van der Waals surface area contributed by atoms with E-state index in [0.717, 1.165) is 5.56 Å². The molecule has 0 spiro atoms. The predicted molar refractivity (Wildman–Crippen MR) is 91.2 cm³/mol. The normalized spacial score (nSPS) is 14.5. The highest BCUT2D eigenvalue weighted by molar-refractivity contribution is 5.67. The lowest BCUT2D eigenvalue weighted by molar-refractivity contribution is 0.0516. The van der Waals surface area contributed by atoms with Crippen molar-refractivity contribution in [2.75, 3.05) is 13.1 Å². The van der Waals surface area contributed by atoms with Gasteiger partial charge in [-0.15, -0.1) is 0 Å². The Morgan fingerprint density at radius 3 is 2.14 bits per heavy atom. The second kappa shape index (κ2) is 7.14. The Morgan fingerprint density at radius 1 is 1.18 bits per heavy atom. The first-order valence-corrected chi connectivity index (χ1v) is 7.85. The molecule has 0 heterocycles. The van der Waals surface area contributed by atoms with Crippen LogP contribution in [0.15, 0.2) is 24.3 Å². The second-order valence-corrected chi connectivity index (χ2v) is 7.40. The average molecular weight is 306 g/mol. The zero-order chi connectivity index (χ0) is 17.0. The van der Waals surface area contributed by atoms with Crippen LogP contribution in [0.2, 0.25) is 0 Å². The van der Waals surface area contributed by atoms with Gasteiger partial charge >= 0.3 is 6.09 Å². The number of ether oxygens (including phenoxy) is 1. The van der Waals surface area contributed by atoms with Crippen molar-refractivity contribution in [2.45, 2.75) is 58.5 Å². The average Bonchev–Trinajstić information content (AvgIpc) is 2.43. The highest BCUT2D eigenvalue weighted by Gasteiger charge is 2.27. The standard InChI is InChI=1S/C18H30N2O2/c1-13(2)14-7-9-15(10-8-14)18(6,11-19)12-20-16(21)22-17(3,4)5/h7-10,13H,11-12,19H2,1-6H3,(H,20,21). The SMILES string of the molecule is CC(C)c1ccc(C(C)(CN)CNC(=O)OC(C)(C)C)cc1. The van der Waals surface area contributed by atoms with E-state index < -0.39 is 11.7 Å². The summed E-state index contributed by atoms with van der Waals surface area (Å²) in [4.78, 5) is 11.8. The van der Waals surface area contributed by atoms with Crippen molar-refractivity contribution in [3.05, 3.63) is 35.4 Å². The summed E-state index contributed by atoms with van der Waals surface area (Å²) in [5.41, 5.74) is 7.56. The molecule has 1 aromatic carbocycles. The molecule has 0 saturated heterocycles. The Morgan fingerprint density at radius 2 is 1.73 bits per heavy atom. The summed E-state index contributed by atoms with van der Waals surface area (Å²) in [6, 6.07) is 8.45. The lowest BCUT2D eigenvalue weighted by Crippen LogP contribution is -2.45. The van der Waals surface area contributed by atoms with E-state index >= 15 is 0 Å². The van der Waals surface area contributed by atoms with E-state index in [4.69, 9.17) is 10.5 Å². The molecule has 0 fully saturated rings. The summed E-state index contributed by atoms with van der Waals surface area (Å²) in [7, 11) is 0. The van der Waals surface area contributed by atoms with Gasteiger partial charge in [0.15, 0.2) is 0 Å². The summed E-state index contributed by atoms with van der Waals surface area (Å²) in [6.07, 6.45) is -0.411. The molecule has 4 nitrogen and oxygen atoms in total. The molecule has 3 N–H and O–H groups in total. The summed E-state index contributed by atoms with van der Waals surface area (Å²) in [5, 5.41) is 2.83. The molecule has 0 radical (unpaired) electrons. The fourth-order valence-electron chi connectivity index (χ4n) is 2.14. The lowest BCUT2D eigenvalue weighted by Gasteiger charge is -2.30. The second-order valence-electron chi connectivity index (χ2n) is 7.40. The predicted octanol–water partition coefficient (Wildman–Crippen LogP) is 3.55. The molecule has 1 atom stereocenters. The van der Waals surface area contributed by atoms with Gasteiger partial charge in [-0.1, -0.05) is 45.0 Å². The first kappa shape index (κ1) is 18.5. The van der Waals surface area contributed by atoms with Gasteiger partial charge in [-0.3, -0.25) is 0 Å². The van der Waals surface area contributed by atoms with Gasteiger partial charge in [0.05, 0.1) is 0 Å². The highest BCUT2D eigenvalue weighted by atomic mass is 16.6. The lowest BCUT2D eigenvalue weighted by atomic mass is 9.81. The minimum Gasteiger partial charge on any atom is -0.444 e. The first-order valence-electron chi connectivity index (χ1n) is 7.85. The number of hydrogen-bond acceptors (Lipinski definition) is 3. The molecule has 1 rings (SSSR count). The number of rotatable bonds is 5. The molecule has 1 unspecified atom stereocenters. The maximum absolute atomic E-state index is 11.8. The highest BCUT2D eigenvalue weighted by Crippen LogP contribution is 2.24. The summed E-state index contributed by atoms with van der Waals surface area (Å²) >= 11 is 0. The molecule has 22 heavy (non-hydrogen) atoms. The summed E-state index contributed by atoms with van der Waals surface area (Å²) < 4.78 is 5.27. The fraction of sp³-hybridized carbons (Fsp3) is 0.611. The number of alkyl carbamates (subject to hydrolysis) is 1. The zero-order valence-electron chi connectivity index (χ0n) is 14.7. The van der Waals surface area contributed by atoms with Gasteiger partial charge < -0.3 is 15.8 Å². The molecular formula is C18H30N2O2. The monoisotopic (exact) mass is 306 g/mol. The maximum Gasteiger partial charge on any atom is 0.407 e. The molecule has 0 aliphatic carbocycles. The third-order valence-electron chi connectivity index (χ3n) is 3.75. The van der Waals surface area contributed by atoms with Crippen LogP contribution in [0.3, 0.4) is 0 Å². The smallest absolute Gasteiger partial charge is 0.407 e. The van der Waals surface area contributed by atoms with Crippen LogP contribution in [-0.4, -0.2) is 24.8 Å². The van der Waals surface area contributed by atoms with Crippen molar-refractivity contribution >= 4 is 6.09 Å². The molecule has 1 amide bonds. The number of nitrogens with two attached hydrogens (primary N) is 1. The van der Waals surface area contributed by atoms with Gasteiger partial charge in [0.1, 0.15) is 5.60 Å². The minimum absolute atomic E-state index is 0.313. The topological polar surface area (TPSA) is 64.3 Å². The molecule has 0 saturated carbocycles. The Labute approximate surface area is 134 Å². The van der Waals surface area contributed by atoms with Crippen LogP contribution in [0.5, 0.6) is 0 Å². The molecule has 4 heteroatoms. The van der Waals surface area contributed by atoms with E-state index in [9.17, 15) is 4.79 Å². The molecule has 0 aliphatic rings. The van der Waals surface area contributed by atoms with Gasteiger partial charge in [0.25, 0.3) is 0 Å². The number of nitrogens with one attached hydrogen (secondary N) is 1. The van der Waals surface area contributed by atoms with E-state index in [0.29, 0.717) is 19.0 Å². The summed E-state index contributed by atoms with van der Waals surface area (Å²) in [6.45, 7) is 12.8. The number of carbonyl (C=O) groups excluding carboxylic acids is 1. The molecule has 0 bridgehead atoms. The van der Waals surface area contributed by atoms with E-state index in [-0.39, 0.29) is 5.41 Å². The van der Waals surface area contributed by atoms with Crippen LogP contribution in [0, 0.1) is 0 Å². The molecule has 1 aromatic rings. The molecule has 0 aliphatic heterocycles. The quantitative estimate of drug-likeness (QED) is 0.874. The van der Waals surface area contributed by atoms with Crippen molar-refractivity contribution in [1.82, 2.24) is 5.32 Å². The molecular weight excluding hydrogens is 276 g/mol. The van der Waals surface area contributed by atoms with Crippen molar-refractivity contribution in [3.63, 3.8) is 0 Å². The van der Waals surface area contributed by atoms with Gasteiger partial charge in [0.2, 0.25) is 0 Å². The van der Waals surface area contributed by atoms with Crippen LogP contribution >= 0.6 is 0 Å². The Kier molecular flexibility index (Phi) is 6.00. The van der Waals surface area contributed by atoms with E-state index in [1.54, 1.807) is 0 Å². The zero-order valence-corrected chi connectivity index (χ0v) is 14.7. The Hall–Kier alpha value is -1.55. The third-order valence-corrected chi connectivity index (χ3v) is 3.75. The number of benzene rings is 1. The van der Waals surface area contributed by atoms with Crippen molar-refractivity contribution in [2.24, 2.45) is 5.73 Å². The van der Waals surface area contributed by atoms with E-state index in [1.807, 2.05) is 20.8 Å². The van der Waals surface area contributed by atoms with Crippen molar-refractivity contribution in [1.29, 1.82) is 0 Å². The van der Waals surface area contributed by atoms with Gasteiger partial charge in [-0.05, 0) is 37.8 Å². The van der Waals surface area contributed by atoms with Crippen molar-refractivity contribution < 1.29 is 9.53 Å². The minimum atomic E-state index is -0.498. The first-order chi connectivity index (χ1) is 10.1. The third kappa shape index (κ3) is 5.34. The molecule has 0 aromatic heterocycles. The Bertz CT molecular complexity index is 489. The summed E-state index contributed by atoms with van der Waals surface area (Å²) in [5.74, 6) is 0.498. The fourth-order valence-corrected chi connectivity index (χ4v) is 2.14. The van der Waals surface area contributed by atoms with E-state index in [2.05, 4.69) is 50.4 Å². The van der Waals surface area contributed by atoms with Gasteiger partial charge in [-0.25, -0.2) is 4.79 Å². The van der Waals surface area contributed by atoms with Crippen LogP contribution in [0.4, 0.5) is 4.79 Å². The van der Waals surface area contributed by atoms with Gasteiger partial charge in [0, 0.05) is 18.5 Å². The van der Waals surface area contributed by atoms with Crippen LogP contribution in [0.1, 0.15) is 58.6 Å². The molecule has 124 valence electrons. The Balaban J connectivity index is 2.77. The van der Waals surface area contributed by atoms with Crippen LogP contribution < -0.4 is 11.1 Å². The number of carbonyl (C=O) groups is 1. The number of hydrogen-bond donors (Lipinski definition) is 2. The van der Waals surface area contributed by atoms with Crippen LogP contribution in [0.25, 0.3) is 0 Å². The van der Waals surface area contributed by atoms with Gasteiger partial charge in [-0.2, -0.15) is 0 Å². The largest absolute Gasteiger partial charge is 0.444 e.